The van der Waals surface area contributed by atoms with E-state index >= 15 is 0 Å². The van der Waals surface area contributed by atoms with E-state index in [0.29, 0.717) is 0 Å². The summed E-state index contributed by atoms with van der Waals surface area (Å²) in [5.74, 6) is 0.802. The van der Waals surface area contributed by atoms with Crippen LogP contribution in [-0.2, 0) is 6.54 Å². The van der Waals surface area contributed by atoms with Crippen LogP contribution in [0.3, 0.4) is 0 Å². The Labute approximate surface area is 77.0 Å². The van der Waals surface area contributed by atoms with Crippen molar-refractivity contribution in [1.29, 1.82) is 0 Å². The molecular formula is C9H14N2S. The van der Waals surface area contributed by atoms with Gasteiger partial charge in [-0.1, -0.05) is 6.92 Å². The second kappa shape index (κ2) is 3.54. The molecule has 12 heavy (non-hydrogen) atoms. The molecule has 0 saturated heterocycles. The van der Waals surface area contributed by atoms with Gasteiger partial charge in [-0.2, -0.15) is 0 Å². The molecule has 1 N–H and O–H groups in total. The van der Waals surface area contributed by atoms with Crippen molar-refractivity contribution in [2.24, 2.45) is 0 Å². The fourth-order valence-corrected chi connectivity index (χ4v) is 2.05. The summed E-state index contributed by atoms with van der Waals surface area (Å²) in [4.78, 5) is 4.57. The molecular weight excluding hydrogens is 168 g/mol. The lowest BCUT2D eigenvalue weighted by molar-refractivity contribution is 0.719. The van der Waals surface area contributed by atoms with Crippen molar-refractivity contribution >= 4 is 11.3 Å². The Morgan fingerprint density at radius 2 is 2.50 bits per heavy atom. The topological polar surface area (TPSA) is 24.9 Å². The monoisotopic (exact) mass is 182 g/mol. The molecule has 1 aliphatic carbocycles. The minimum absolute atomic E-state index is 0.802. The molecule has 0 amide bonds. The zero-order valence-corrected chi connectivity index (χ0v) is 8.16. The quantitative estimate of drug-likeness (QED) is 0.771. The number of nitrogens with one attached hydrogen (secondary N) is 1. The van der Waals surface area contributed by atoms with Gasteiger partial charge in [-0.05, 0) is 19.4 Å². The third-order valence-electron chi connectivity index (χ3n) is 2.09. The molecule has 0 bridgehead atoms. The highest BCUT2D eigenvalue weighted by molar-refractivity contribution is 7.09. The molecule has 3 heteroatoms. The van der Waals surface area contributed by atoms with Gasteiger partial charge in [-0.3, -0.25) is 0 Å². The normalized spacial score (nSPS) is 16.8. The van der Waals surface area contributed by atoms with Gasteiger partial charge in [0.1, 0.15) is 5.01 Å². The molecule has 1 aromatic heterocycles. The summed E-state index contributed by atoms with van der Waals surface area (Å²) in [6.07, 6.45) is 2.70. The molecule has 0 unspecified atom stereocenters. The van der Waals surface area contributed by atoms with Crippen molar-refractivity contribution in [1.82, 2.24) is 10.3 Å². The molecule has 0 aliphatic heterocycles. The fraction of sp³-hybridized carbons (Fsp3) is 0.667. The molecule has 0 aromatic carbocycles. The van der Waals surface area contributed by atoms with Crippen LogP contribution in [0.2, 0.25) is 0 Å². The van der Waals surface area contributed by atoms with Crippen LogP contribution < -0.4 is 5.32 Å². The lowest BCUT2D eigenvalue weighted by Gasteiger charge is -1.94. The summed E-state index contributed by atoms with van der Waals surface area (Å²) in [7, 11) is 0. The maximum Gasteiger partial charge on any atom is 0.107 e. The molecule has 1 saturated carbocycles. The second-order valence-corrected chi connectivity index (χ2v) is 4.16. The molecule has 0 spiro atoms. The lowest BCUT2D eigenvalue weighted by atomic mass is 10.3. The Morgan fingerprint density at radius 3 is 3.17 bits per heavy atom. The van der Waals surface area contributed by atoms with Crippen LogP contribution >= 0.6 is 11.3 Å². The van der Waals surface area contributed by atoms with E-state index in [0.717, 1.165) is 19.0 Å². The largest absolute Gasteiger partial charge is 0.311 e. The van der Waals surface area contributed by atoms with E-state index in [2.05, 4.69) is 22.6 Å². The highest BCUT2D eigenvalue weighted by Gasteiger charge is 2.25. The summed E-state index contributed by atoms with van der Waals surface area (Å²) in [5, 5.41) is 6.73. The third kappa shape index (κ3) is 1.84. The zero-order chi connectivity index (χ0) is 8.39. The summed E-state index contributed by atoms with van der Waals surface area (Å²) in [5.41, 5.74) is 1.33. The van der Waals surface area contributed by atoms with Gasteiger partial charge >= 0.3 is 0 Å². The third-order valence-corrected chi connectivity index (χ3v) is 2.96. The van der Waals surface area contributed by atoms with E-state index < -0.39 is 0 Å². The predicted octanol–water partition coefficient (Wildman–Crippen LogP) is 2.13. The predicted molar refractivity (Wildman–Crippen MR) is 51.5 cm³/mol. The van der Waals surface area contributed by atoms with Crippen molar-refractivity contribution < 1.29 is 0 Å². The van der Waals surface area contributed by atoms with Crippen molar-refractivity contribution in [2.75, 3.05) is 6.54 Å². The number of rotatable bonds is 4. The molecule has 1 aromatic rings. The average Bonchev–Trinajstić information content (AvgIpc) is 2.83. The Balaban J connectivity index is 1.93. The average molecular weight is 182 g/mol. The number of aromatic nitrogens is 1. The maximum absolute atomic E-state index is 4.57. The Bertz CT molecular complexity index is 253. The highest BCUT2D eigenvalue weighted by Crippen LogP contribution is 2.40. The molecule has 1 heterocycles. The fourth-order valence-electron chi connectivity index (χ4n) is 1.20. The van der Waals surface area contributed by atoms with Gasteiger partial charge in [0.05, 0.1) is 5.69 Å². The second-order valence-electron chi connectivity index (χ2n) is 3.22. The Kier molecular flexibility index (Phi) is 2.42. The molecule has 66 valence electrons. The van der Waals surface area contributed by atoms with E-state index in [4.69, 9.17) is 0 Å². The molecule has 1 aliphatic rings. The SMILES string of the molecule is CCNCc1nc(C2CC2)cs1. The van der Waals surface area contributed by atoms with Crippen LogP contribution in [0.15, 0.2) is 5.38 Å². The summed E-state index contributed by atoms with van der Waals surface area (Å²) in [6.45, 7) is 4.08. The van der Waals surface area contributed by atoms with E-state index in [1.54, 1.807) is 11.3 Å². The van der Waals surface area contributed by atoms with Crippen molar-refractivity contribution in [3.05, 3.63) is 16.1 Å². The van der Waals surface area contributed by atoms with Crippen LogP contribution in [0.5, 0.6) is 0 Å². The summed E-state index contributed by atoms with van der Waals surface area (Å²) < 4.78 is 0. The molecule has 1 fully saturated rings. The van der Waals surface area contributed by atoms with Gasteiger partial charge < -0.3 is 5.32 Å². The van der Waals surface area contributed by atoms with E-state index in [-0.39, 0.29) is 0 Å². The maximum atomic E-state index is 4.57. The Hall–Kier alpha value is -0.410. The summed E-state index contributed by atoms with van der Waals surface area (Å²) in [6, 6.07) is 0. The minimum atomic E-state index is 0.802. The van der Waals surface area contributed by atoms with Gasteiger partial charge in [-0.15, -0.1) is 11.3 Å². The first-order valence-corrected chi connectivity index (χ1v) is 5.43. The van der Waals surface area contributed by atoms with Gasteiger partial charge in [0, 0.05) is 17.8 Å². The number of hydrogen-bond acceptors (Lipinski definition) is 3. The van der Waals surface area contributed by atoms with Crippen molar-refractivity contribution in [3.63, 3.8) is 0 Å². The van der Waals surface area contributed by atoms with Gasteiger partial charge in [0.2, 0.25) is 0 Å². The van der Waals surface area contributed by atoms with Gasteiger partial charge in [0.15, 0.2) is 0 Å². The van der Waals surface area contributed by atoms with Crippen molar-refractivity contribution in [3.8, 4) is 0 Å². The van der Waals surface area contributed by atoms with Crippen molar-refractivity contribution in [2.45, 2.75) is 32.2 Å². The van der Waals surface area contributed by atoms with E-state index in [9.17, 15) is 0 Å². The van der Waals surface area contributed by atoms with Crippen LogP contribution in [-0.4, -0.2) is 11.5 Å². The van der Waals surface area contributed by atoms with Gasteiger partial charge in [-0.25, -0.2) is 4.98 Å². The first kappa shape index (κ1) is 8.20. The number of nitrogens with zero attached hydrogens (tertiary/aromatic N) is 1. The molecule has 2 rings (SSSR count). The zero-order valence-electron chi connectivity index (χ0n) is 7.34. The number of thiazole rings is 1. The van der Waals surface area contributed by atoms with Gasteiger partial charge in [0.25, 0.3) is 0 Å². The van der Waals surface area contributed by atoms with E-state index in [1.807, 2.05) is 0 Å². The summed E-state index contributed by atoms with van der Waals surface area (Å²) >= 11 is 1.78. The van der Waals surface area contributed by atoms with Crippen LogP contribution in [0.1, 0.15) is 36.4 Å². The van der Waals surface area contributed by atoms with E-state index in [1.165, 1.54) is 23.5 Å². The molecule has 0 radical (unpaired) electrons. The molecule has 2 nitrogen and oxygen atoms in total. The Morgan fingerprint density at radius 1 is 1.67 bits per heavy atom. The van der Waals surface area contributed by atoms with Crippen LogP contribution in [0.25, 0.3) is 0 Å². The first-order valence-electron chi connectivity index (χ1n) is 4.55. The van der Waals surface area contributed by atoms with Crippen LogP contribution in [0.4, 0.5) is 0 Å². The first-order chi connectivity index (χ1) is 5.90. The highest BCUT2D eigenvalue weighted by atomic mass is 32.1. The van der Waals surface area contributed by atoms with Crippen LogP contribution in [0, 0.1) is 0 Å². The molecule has 0 atom stereocenters. The number of hydrogen-bond donors (Lipinski definition) is 1. The standard InChI is InChI=1S/C9H14N2S/c1-2-10-5-9-11-8(6-12-9)7-3-4-7/h6-7,10H,2-5H2,1H3. The minimum Gasteiger partial charge on any atom is -0.311 e. The lowest BCUT2D eigenvalue weighted by Crippen LogP contribution is -2.11. The smallest absolute Gasteiger partial charge is 0.107 e.